The predicted octanol–water partition coefficient (Wildman–Crippen LogP) is 1.65. The summed E-state index contributed by atoms with van der Waals surface area (Å²) < 4.78 is 45.6. The van der Waals surface area contributed by atoms with Crippen LogP contribution in [0.15, 0.2) is 24.8 Å². The quantitative estimate of drug-likeness (QED) is 0.196. The predicted molar refractivity (Wildman–Crippen MR) is 82.1 cm³/mol. The average molecular weight is 372 g/mol. The van der Waals surface area contributed by atoms with Crippen LogP contribution in [0.1, 0.15) is 11.5 Å². The van der Waals surface area contributed by atoms with E-state index in [1.54, 1.807) is 0 Å². The molecular formula is C16H15F3N2O5. The first-order chi connectivity index (χ1) is 12.2. The topological polar surface area (TPSA) is 89.8 Å². The van der Waals surface area contributed by atoms with Gasteiger partial charge in [-0.05, 0) is 6.07 Å². The maximum atomic E-state index is 14.2. The SMILES string of the molecule is C=CCN1CC([N+](=O)[O-])[C@@H](c2cc(F)c(F)cc2F)C(C(=O)OC)C1=O. The molecule has 0 radical (unpaired) electrons. The highest BCUT2D eigenvalue weighted by Crippen LogP contribution is 2.38. The second-order valence-corrected chi connectivity index (χ2v) is 5.70. The van der Waals surface area contributed by atoms with Crippen LogP contribution >= 0.6 is 0 Å². The van der Waals surface area contributed by atoms with E-state index in [9.17, 15) is 32.9 Å². The molecule has 2 unspecified atom stereocenters. The van der Waals surface area contributed by atoms with Gasteiger partial charge in [-0.2, -0.15) is 0 Å². The van der Waals surface area contributed by atoms with Crippen molar-refractivity contribution >= 4 is 11.9 Å². The van der Waals surface area contributed by atoms with Gasteiger partial charge in [-0.15, -0.1) is 6.58 Å². The lowest BCUT2D eigenvalue weighted by atomic mass is 9.76. The van der Waals surface area contributed by atoms with Crippen LogP contribution < -0.4 is 0 Å². The molecule has 1 aromatic carbocycles. The minimum Gasteiger partial charge on any atom is -0.468 e. The lowest BCUT2D eigenvalue weighted by Gasteiger charge is -2.37. The third-order valence-electron chi connectivity index (χ3n) is 4.23. The zero-order valence-corrected chi connectivity index (χ0v) is 13.7. The number of esters is 1. The van der Waals surface area contributed by atoms with Gasteiger partial charge in [-0.3, -0.25) is 19.7 Å². The van der Waals surface area contributed by atoms with Crippen molar-refractivity contribution in [1.82, 2.24) is 4.90 Å². The first-order valence-corrected chi connectivity index (χ1v) is 7.48. The molecule has 1 aliphatic heterocycles. The number of benzene rings is 1. The number of rotatable bonds is 5. The molecule has 0 saturated carbocycles. The Labute approximate surface area is 146 Å². The Morgan fingerprint density at radius 1 is 1.38 bits per heavy atom. The van der Waals surface area contributed by atoms with Gasteiger partial charge in [0.05, 0.1) is 19.6 Å². The van der Waals surface area contributed by atoms with E-state index in [0.29, 0.717) is 6.07 Å². The molecule has 0 aromatic heterocycles. The van der Waals surface area contributed by atoms with Gasteiger partial charge in [0.1, 0.15) is 11.7 Å². The molecular weight excluding hydrogens is 357 g/mol. The Hall–Kier alpha value is -2.91. The summed E-state index contributed by atoms with van der Waals surface area (Å²) in [6.45, 7) is 2.90. The van der Waals surface area contributed by atoms with Crippen molar-refractivity contribution in [2.45, 2.75) is 12.0 Å². The fourth-order valence-electron chi connectivity index (χ4n) is 3.07. The Bertz CT molecular complexity index is 770. The molecule has 0 spiro atoms. The zero-order valence-electron chi connectivity index (χ0n) is 13.7. The molecule has 10 heteroatoms. The first kappa shape index (κ1) is 19.4. The van der Waals surface area contributed by atoms with E-state index < -0.39 is 64.2 Å². The van der Waals surface area contributed by atoms with Crippen LogP contribution in [-0.4, -0.2) is 47.9 Å². The molecule has 0 bridgehead atoms. The number of carbonyl (C=O) groups is 2. The fraction of sp³-hybridized carbons (Fsp3) is 0.375. The number of methoxy groups -OCH3 is 1. The normalized spacial score (nSPS) is 22.8. The molecule has 1 heterocycles. The Balaban J connectivity index is 2.65. The van der Waals surface area contributed by atoms with Gasteiger partial charge in [0.15, 0.2) is 11.6 Å². The summed E-state index contributed by atoms with van der Waals surface area (Å²) in [4.78, 5) is 36.5. The highest BCUT2D eigenvalue weighted by molar-refractivity contribution is 5.99. The Morgan fingerprint density at radius 2 is 2.00 bits per heavy atom. The molecule has 0 aliphatic carbocycles. The van der Waals surface area contributed by atoms with Crippen LogP contribution in [0.25, 0.3) is 0 Å². The summed E-state index contributed by atoms with van der Waals surface area (Å²) in [7, 11) is 0.960. The standard InChI is InChI=1S/C16H15F3N2O5/c1-3-4-20-7-12(21(24)25)13(14(15(20)22)16(23)26-2)8-5-10(18)11(19)6-9(8)17/h3,5-6,12-14H,1,4,7H2,2H3/t12?,13-,14?/m1/s1. The molecule has 1 aliphatic rings. The lowest BCUT2D eigenvalue weighted by Crippen LogP contribution is -2.57. The zero-order chi connectivity index (χ0) is 19.6. The van der Waals surface area contributed by atoms with Crippen LogP contribution in [0.5, 0.6) is 0 Å². The summed E-state index contributed by atoms with van der Waals surface area (Å²) in [6, 6.07) is -0.981. The van der Waals surface area contributed by atoms with Crippen molar-refractivity contribution in [3.63, 3.8) is 0 Å². The van der Waals surface area contributed by atoms with Crippen molar-refractivity contribution in [2.24, 2.45) is 5.92 Å². The maximum Gasteiger partial charge on any atom is 0.319 e. The average Bonchev–Trinajstić information content (AvgIpc) is 2.58. The number of nitro groups is 1. The molecule has 1 fully saturated rings. The monoisotopic (exact) mass is 372 g/mol. The fourth-order valence-corrected chi connectivity index (χ4v) is 3.07. The third-order valence-corrected chi connectivity index (χ3v) is 4.23. The van der Waals surface area contributed by atoms with Crippen LogP contribution in [0.2, 0.25) is 0 Å². The molecule has 1 saturated heterocycles. The van der Waals surface area contributed by atoms with Crippen molar-refractivity contribution in [2.75, 3.05) is 20.2 Å². The van der Waals surface area contributed by atoms with Crippen molar-refractivity contribution in [1.29, 1.82) is 0 Å². The van der Waals surface area contributed by atoms with Crippen molar-refractivity contribution < 1.29 is 32.4 Å². The van der Waals surface area contributed by atoms with Gasteiger partial charge < -0.3 is 9.64 Å². The Kier molecular flexibility index (Phi) is 5.63. The number of halogens is 3. The van der Waals surface area contributed by atoms with E-state index in [0.717, 1.165) is 12.0 Å². The molecule has 7 nitrogen and oxygen atoms in total. The van der Waals surface area contributed by atoms with E-state index in [4.69, 9.17) is 0 Å². The van der Waals surface area contributed by atoms with Crippen LogP contribution in [0.3, 0.4) is 0 Å². The van der Waals surface area contributed by atoms with Crippen LogP contribution in [0, 0.1) is 33.5 Å². The molecule has 1 amide bonds. The molecule has 0 N–H and O–H groups in total. The second kappa shape index (κ2) is 7.54. The molecule has 26 heavy (non-hydrogen) atoms. The van der Waals surface area contributed by atoms with Gasteiger partial charge in [-0.25, -0.2) is 13.2 Å². The summed E-state index contributed by atoms with van der Waals surface area (Å²) in [5.41, 5.74) is -0.632. The molecule has 140 valence electrons. The number of likely N-dealkylation sites (tertiary alicyclic amines) is 1. The molecule has 1 aromatic rings. The van der Waals surface area contributed by atoms with Crippen molar-refractivity contribution in [3.05, 3.63) is 57.9 Å². The summed E-state index contributed by atoms with van der Waals surface area (Å²) in [5.74, 6) is -9.64. The number of amides is 1. The first-order valence-electron chi connectivity index (χ1n) is 7.48. The van der Waals surface area contributed by atoms with E-state index in [1.165, 1.54) is 6.08 Å². The van der Waals surface area contributed by atoms with Crippen LogP contribution in [-0.2, 0) is 14.3 Å². The highest BCUT2D eigenvalue weighted by atomic mass is 19.2. The maximum absolute atomic E-state index is 14.2. The van der Waals surface area contributed by atoms with Crippen LogP contribution in [0.4, 0.5) is 13.2 Å². The van der Waals surface area contributed by atoms with Gasteiger partial charge in [-0.1, -0.05) is 6.08 Å². The van der Waals surface area contributed by atoms with Gasteiger partial charge in [0.2, 0.25) is 11.9 Å². The number of carbonyl (C=O) groups excluding carboxylic acids is 2. The number of piperidine rings is 1. The largest absolute Gasteiger partial charge is 0.468 e. The minimum absolute atomic E-state index is 0.0797. The summed E-state index contributed by atoms with van der Waals surface area (Å²) in [5, 5.41) is 11.5. The van der Waals surface area contributed by atoms with E-state index in [2.05, 4.69) is 11.3 Å². The number of hydrogen-bond acceptors (Lipinski definition) is 5. The van der Waals surface area contributed by atoms with Gasteiger partial charge >= 0.3 is 5.97 Å². The number of ether oxygens (including phenoxy) is 1. The number of nitrogens with zero attached hydrogens (tertiary/aromatic N) is 2. The third kappa shape index (κ3) is 3.39. The van der Waals surface area contributed by atoms with E-state index in [1.807, 2.05) is 0 Å². The lowest BCUT2D eigenvalue weighted by molar-refractivity contribution is -0.529. The van der Waals surface area contributed by atoms with Gasteiger partial charge in [0.25, 0.3) is 0 Å². The van der Waals surface area contributed by atoms with Crippen molar-refractivity contribution in [3.8, 4) is 0 Å². The summed E-state index contributed by atoms with van der Waals surface area (Å²) in [6.07, 6.45) is 1.31. The smallest absolute Gasteiger partial charge is 0.319 e. The van der Waals surface area contributed by atoms with Gasteiger partial charge in [0, 0.05) is 23.1 Å². The Morgan fingerprint density at radius 3 is 2.54 bits per heavy atom. The minimum atomic E-state index is -1.77. The molecule has 3 atom stereocenters. The summed E-state index contributed by atoms with van der Waals surface area (Å²) >= 11 is 0. The second-order valence-electron chi connectivity index (χ2n) is 5.70. The van der Waals surface area contributed by atoms with E-state index in [-0.39, 0.29) is 12.6 Å². The molecule has 2 rings (SSSR count). The highest BCUT2D eigenvalue weighted by Gasteiger charge is 2.53. The van der Waals surface area contributed by atoms with E-state index >= 15 is 0 Å². The number of hydrogen-bond donors (Lipinski definition) is 0.